The zero-order valence-electron chi connectivity index (χ0n) is 22.7. The summed E-state index contributed by atoms with van der Waals surface area (Å²) in [5.41, 5.74) is 0. The molecule has 0 aliphatic carbocycles. The van der Waals surface area contributed by atoms with Crippen LogP contribution in [-0.2, 0) is 9.47 Å². The Hall–Kier alpha value is -1.94. The van der Waals surface area contributed by atoms with Gasteiger partial charge in [-0.1, -0.05) is 13.8 Å². The third kappa shape index (κ3) is 7.66. The summed E-state index contributed by atoms with van der Waals surface area (Å²) in [6.07, 6.45) is -18.2. The van der Waals surface area contributed by atoms with Crippen LogP contribution in [0.5, 0.6) is 0 Å². The van der Waals surface area contributed by atoms with Crippen LogP contribution in [0, 0.1) is 11.8 Å². The van der Waals surface area contributed by atoms with Gasteiger partial charge in [0.15, 0.2) is 24.9 Å². The van der Waals surface area contributed by atoms with E-state index in [1.165, 1.54) is 27.7 Å². The predicted octanol–water partition coefficient (Wildman–Crippen LogP) is -4.92. The van der Waals surface area contributed by atoms with Crippen LogP contribution >= 0.6 is 0 Å². The molecule has 234 valence electrons. The number of aliphatic hydroxyl groups is 10. The Bertz CT molecular complexity index is 773. The maximum atomic E-state index is 13.2. The maximum absolute atomic E-state index is 13.2. The van der Waals surface area contributed by atoms with Gasteiger partial charge in [-0.15, -0.1) is 0 Å². The van der Waals surface area contributed by atoms with E-state index in [2.05, 4.69) is 0 Å². The van der Waals surface area contributed by atoms with Gasteiger partial charge in [-0.05, 0) is 13.8 Å². The van der Waals surface area contributed by atoms with Crippen LogP contribution in [0.3, 0.4) is 0 Å². The Morgan fingerprint density at radius 1 is 0.650 bits per heavy atom. The standard InChI is InChI=1S/C22H42N4O14/c1-9-5-23(21(37)25(13(9)29)17(33)19(35)39-7-11(3)27)15(31)16(32)24-6-10(2)14(30)26(22(24)38)18(34)20(36)40-8-12(4)28/h9-20,27-36H,5-8H2,1-4H3. The first kappa shape index (κ1) is 34.3. The molecule has 2 aliphatic heterocycles. The molecule has 10 N–H and O–H groups in total. The summed E-state index contributed by atoms with van der Waals surface area (Å²) in [5.74, 6) is -1.73. The first-order valence-corrected chi connectivity index (χ1v) is 12.7. The van der Waals surface area contributed by atoms with Crippen LogP contribution < -0.4 is 0 Å². The Labute approximate surface area is 230 Å². The minimum atomic E-state index is -2.17. The Balaban J connectivity index is 2.24. The molecular weight excluding hydrogens is 544 g/mol. The summed E-state index contributed by atoms with van der Waals surface area (Å²) in [5, 5.41) is 103. The molecule has 0 saturated carbocycles. The molecule has 12 unspecified atom stereocenters. The van der Waals surface area contributed by atoms with Gasteiger partial charge in [0.05, 0.1) is 25.4 Å². The van der Waals surface area contributed by atoms with E-state index in [4.69, 9.17) is 9.47 Å². The molecule has 0 aromatic heterocycles. The average Bonchev–Trinajstić information content (AvgIpc) is 2.88. The second-order valence-corrected chi connectivity index (χ2v) is 10.3. The lowest BCUT2D eigenvalue weighted by Gasteiger charge is -2.50. The smallest absolute Gasteiger partial charge is 0.326 e. The zero-order chi connectivity index (χ0) is 30.6. The summed E-state index contributed by atoms with van der Waals surface area (Å²) in [7, 11) is 0. The van der Waals surface area contributed by atoms with Crippen LogP contribution in [0.25, 0.3) is 0 Å². The second-order valence-electron chi connectivity index (χ2n) is 10.3. The Kier molecular flexibility index (Phi) is 12.2. The van der Waals surface area contributed by atoms with E-state index >= 15 is 0 Å². The van der Waals surface area contributed by atoms with E-state index in [9.17, 15) is 60.7 Å². The van der Waals surface area contributed by atoms with Crippen LogP contribution in [-0.4, -0.2) is 171 Å². The van der Waals surface area contributed by atoms with Crippen molar-refractivity contribution in [3.05, 3.63) is 0 Å². The molecule has 2 rings (SSSR count). The number of amides is 4. The molecule has 40 heavy (non-hydrogen) atoms. The number of rotatable bonds is 13. The highest BCUT2D eigenvalue weighted by Crippen LogP contribution is 2.29. The van der Waals surface area contributed by atoms with E-state index in [0.29, 0.717) is 19.6 Å². The largest absolute Gasteiger partial charge is 0.391 e. The third-order valence-electron chi connectivity index (χ3n) is 6.49. The SMILES string of the molecule is CC(O)COC(O)C(O)N1C(=O)N(C(O)C(O)N2CC(C)C(O)N(C(O)C(O)OCC(C)O)C2=O)CC(C)C1O. The number of nitrogens with zero attached hydrogens (tertiary/aromatic N) is 4. The number of ether oxygens (including phenoxy) is 2. The molecule has 18 nitrogen and oxygen atoms in total. The van der Waals surface area contributed by atoms with Crippen LogP contribution in [0.2, 0.25) is 0 Å². The first-order chi connectivity index (χ1) is 18.5. The number of urea groups is 2. The maximum Gasteiger partial charge on any atom is 0.326 e. The highest BCUT2D eigenvalue weighted by Gasteiger charge is 2.50. The average molecular weight is 587 g/mol. The molecule has 0 radical (unpaired) electrons. The van der Waals surface area contributed by atoms with Crippen molar-refractivity contribution < 1.29 is 70.1 Å². The number of hydrogen-bond acceptors (Lipinski definition) is 14. The van der Waals surface area contributed by atoms with E-state index < -0.39 is 99.3 Å². The van der Waals surface area contributed by atoms with Crippen molar-refractivity contribution in [1.29, 1.82) is 0 Å². The summed E-state index contributed by atoms with van der Waals surface area (Å²) in [6.45, 7) is 3.97. The summed E-state index contributed by atoms with van der Waals surface area (Å²) in [4.78, 5) is 28.4. The fourth-order valence-corrected chi connectivity index (χ4v) is 4.26. The Morgan fingerprint density at radius 2 is 0.950 bits per heavy atom. The van der Waals surface area contributed by atoms with Gasteiger partial charge in [0.25, 0.3) is 0 Å². The molecule has 0 spiro atoms. The van der Waals surface area contributed by atoms with Gasteiger partial charge >= 0.3 is 12.1 Å². The van der Waals surface area contributed by atoms with Crippen molar-refractivity contribution in [3.63, 3.8) is 0 Å². The fourth-order valence-electron chi connectivity index (χ4n) is 4.26. The number of carbonyl (C=O) groups is 2. The molecule has 0 aromatic carbocycles. The van der Waals surface area contributed by atoms with Crippen molar-refractivity contribution >= 4 is 12.1 Å². The molecule has 2 fully saturated rings. The van der Waals surface area contributed by atoms with Crippen molar-refractivity contribution in [2.45, 2.75) is 89.9 Å². The minimum Gasteiger partial charge on any atom is -0.391 e. The van der Waals surface area contributed by atoms with E-state index in [0.717, 1.165) is 0 Å². The van der Waals surface area contributed by atoms with Gasteiger partial charge in [0.1, 0.15) is 12.5 Å². The number of carbonyl (C=O) groups excluding carboxylic acids is 2. The highest BCUT2D eigenvalue weighted by molar-refractivity contribution is 5.77. The van der Waals surface area contributed by atoms with Crippen molar-refractivity contribution in [1.82, 2.24) is 19.6 Å². The minimum absolute atomic E-state index is 0.371. The lowest BCUT2D eigenvalue weighted by molar-refractivity contribution is -0.248. The van der Waals surface area contributed by atoms with Gasteiger partial charge in [-0.2, -0.15) is 0 Å². The van der Waals surface area contributed by atoms with Crippen LogP contribution in [0.1, 0.15) is 27.7 Å². The normalized spacial score (nSPS) is 30.6. The second kappa shape index (κ2) is 14.3. The molecule has 18 heteroatoms. The molecule has 0 bridgehead atoms. The predicted molar refractivity (Wildman–Crippen MR) is 130 cm³/mol. The lowest BCUT2D eigenvalue weighted by Crippen LogP contribution is -2.70. The zero-order valence-corrected chi connectivity index (χ0v) is 22.7. The van der Waals surface area contributed by atoms with Crippen LogP contribution in [0.4, 0.5) is 9.59 Å². The molecule has 2 saturated heterocycles. The van der Waals surface area contributed by atoms with Crippen LogP contribution in [0.15, 0.2) is 0 Å². The monoisotopic (exact) mass is 586 g/mol. The third-order valence-corrected chi connectivity index (χ3v) is 6.49. The van der Waals surface area contributed by atoms with Crippen molar-refractivity contribution in [3.8, 4) is 0 Å². The van der Waals surface area contributed by atoms with Gasteiger partial charge < -0.3 is 60.5 Å². The molecule has 12 atom stereocenters. The number of aliphatic hydroxyl groups excluding tert-OH is 10. The van der Waals surface area contributed by atoms with Gasteiger partial charge in [-0.25, -0.2) is 9.59 Å². The van der Waals surface area contributed by atoms with E-state index in [-0.39, 0.29) is 13.1 Å². The molecule has 4 amide bonds. The summed E-state index contributed by atoms with van der Waals surface area (Å²) >= 11 is 0. The molecule has 0 aromatic rings. The number of hydrogen-bond donors (Lipinski definition) is 10. The van der Waals surface area contributed by atoms with Gasteiger partial charge in [0, 0.05) is 24.9 Å². The summed E-state index contributed by atoms with van der Waals surface area (Å²) in [6, 6.07) is -2.50. The fraction of sp³-hybridized carbons (Fsp3) is 0.909. The molecule has 2 aliphatic rings. The lowest BCUT2D eigenvalue weighted by atomic mass is 10.0. The van der Waals surface area contributed by atoms with Crippen molar-refractivity contribution in [2.24, 2.45) is 11.8 Å². The molecular formula is C22H42N4O14. The van der Waals surface area contributed by atoms with Crippen molar-refractivity contribution in [2.75, 3.05) is 26.3 Å². The highest BCUT2D eigenvalue weighted by atomic mass is 16.6. The van der Waals surface area contributed by atoms with E-state index in [1.807, 2.05) is 0 Å². The topological polar surface area (TPSA) is 268 Å². The van der Waals surface area contributed by atoms with E-state index in [1.54, 1.807) is 0 Å². The Morgan fingerprint density at radius 3 is 1.23 bits per heavy atom. The quantitative estimate of drug-likeness (QED) is 0.0907. The summed E-state index contributed by atoms with van der Waals surface area (Å²) < 4.78 is 9.76. The van der Waals surface area contributed by atoms with Gasteiger partial charge in [-0.3, -0.25) is 19.6 Å². The first-order valence-electron chi connectivity index (χ1n) is 12.7. The molecule has 2 heterocycles. The van der Waals surface area contributed by atoms with Gasteiger partial charge in [0.2, 0.25) is 12.6 Å².